The molecule has 0 unspecified atom stereocenters. The van der Waals surface area contributed by atoms with Crippen molar-refractivity contribution in [3.8, 4) is 17.2 Å². The van der Waals surface area contributed by atoms with Crippen LogP contribution in [0.1, 0.15) is 138 Å². The quantitative estimate of drug-likeness (QED) is 0.0134. The molecule has 0 bridgehead atoms. The lowest BCUT2D eigenvalue weighted by atomic mass is 9.72. The van der Waals surface area contributed by atoms with Gasteiger partial charge in [-0.3, -0.25) is 57.5 Å². The van der Waals surface area contributed by atoms with Gasteiger partial charge in [-0.15, -0.1) is 0 Å². The molecule has 1 aromatic heterocycles. The van der Waals surface area contributed by atoms with Gasteiger partial charge in [0, 0.05) is 103 Å². The van der Waals surface area contributed by atoms with Crippen molar-refractivity contribution >= 4 is 103 Å². The number of amides is 8. The van der Waals surface area contributed by atoms with Crippen LogP contribution < -0.4 is 58.7 Å². The summed E-state index contributed by atoms with van der Waals surface area (Å²) in [5.74, 6) is -13.8. The van der Waals surface area contributed by atoms with Crippen LogP contribution in [0.2, 0.25) is 0 Å². The fraction of sp³-hybridized carbons (Fsp3) is 0.457. The first-order valence-electron chi connectivity index (χ1n) is 38.4. The molecule has 16 atom stereocenters. The molecule has 2 saturated heterocycles. The summed E-state index contributed by atoms with van der Waals surface area (Å²) in [6.07, 6.45) is -9.11. The van der Waals surface area contributed by atoms with Gasteiger partial charge in [-0.2, -0.15) is 0 Å². The van der Waals surface area contributed by atoms with Crippen LogP contribution in [0.25, 0.3) is 10.9 Å². The predicted molar refractivity (Wildman–Crippen MR) is 425 cm³/mol. The number of benzene rings is 5. The molecule has 10 rings (SSSR count). The number of Topliss-reactive ketones (excluding diaryl/α,β-unsaturated/α-hetero) is 1. The summed E-state index contributed by atoms with van der Waals surface area (Å²) in [6.45, 7) is 2.37. The molecule has 0 saturated carbocycles. The van der Waals surface area contributed by atoms with Gasteiger partial charge in [0.05, 0.1) is 67.0 Å². The number of aromatic hydroxyl groups is 2. The van der Waals surface area contributed by atoms with Gasteiger partial charge < -0.3 is 114 Å². The number of aromatic amines is 1. The van der Waals surface area contributed by atoms with Crippen molar-refractivity contribution in [2.75, 3.05) is 38.4 Å². The topological polar surface area (TPSA) is 547 Å². The van der Waals surface area contributed by atoms with E-state index in [9.17, 15) is 74.1 Å². The standard InChI is InChI=1S/C81H99N11O23S2/c1-40(94)55(36-93)89-79(109)57-39-117-116-38-56(78(108)87-53(30-44-19-9-6-10-20-44)76(106)88-54(31-45-35-84-50-23-12-11-21-46(45)50)77(107)86-51(24-13-14-28-82)74(104)92-68(41(2)95)80(110)91-57)90-75(105)52(29-43-17-7-5-8-18-43)85-61(97)26-16-27-62(98)113-37-60(96)81(111)33-48-65(59(34-81)115-63-32-49(83)69(99)42(3)114-63)73(103)67-66(71(48)101)70(100)47-22-15-25-58(112-4)64(47)72(67)102/h5-12,15,17-23,25,35,40-42,49,51-57,59,63,68-69,84,93-95,99,101,103,111H,13-14,16,24,26-34,36-39,82-83H2,1-4H3,(H,85,97)(H,86,107)(H,87,108)(H,88,106)(H,89,109)(H,90,105)(H,91,110)(H,92,104)/t40-,41-,42+,49+,51+,52-,53+,54-,55-,56+,57+,59+,63+,68+,69-,81+/m1/s1. The Hall–Kier alpha value is -10.4. The second-order valence-corrected chi connectivity index (χ2v) is 32.1. The molecule has 36 heteroatoms. The summed E-state index contributed by atoms with van der Waals surface area (Å²) in [5.41, 5.74) is 9.55. The van der Waals surface area contributed by atoms with Gasteiger partial charge in [-0.05, 0) is 81.8 Å². The van der Waals surface area contributed by atoms with E-state index in [4.69, 9.17) is 30.4 Å². The highest BCUT2D eigenvalue weighted by atomic mass is 33.1. The monoisotopic (exact) mass is 1660 g/mol. The number of aliphatic hydroxyl groups excluding tert-OH is 4. The Morgan fingerprint density at radius 2 is 1.37 bits per heavy atom. The number of esters is 1. The summed E-state index contributed by atoms with van der Waals surface area (Å²) in [4.78, 5) is 177. The van der Waals surface area contributed by atoms with Crippen molar-refractivity contribution in [3.05, 3.63) is 159 Å². The lowest BCUT2D eigenvalue weighted by molar-refractivity contribution is -0.247. The molecule has 2 fully saturated rings. The summed E-state index contributed by atoms with van der Waals surface area (Å²) in [5, 5.41) is 101. The zero-order chi connectivity index (χ0) is 84.5. The fourth-order valence-electron chi connectivity index (χ4n) is 14.4. The van der Waals surface area contributed by atoms with Crippen LogP contribution in [0.3, 0.4) is 0 Å². The number of methoxy groups -OCH3 is 1. The number of carbonyl (C=O) groups excluding carboxylic acids is 12. The molecule has 2 aliphatic carbocycles. The van der Waals surface area contributed by atoms with E-state index >= 15 is 19.2 Å². The van der Waals surface area contributed by atoms with Crippen molar-refractivity contribution in [2.45, 2.75) is 195 Å². The van der Waals surface area contributed by atoms with Gasteiger partial charge >= 0.3 is 5.97 Å². The maximum Gasteiger partial charge on any atom is 0.306 e. The van der Waals surface area contributed by atoms with E-state index in [1.807, 2.05) is 0 Å². The third-order valence-electron chi connectivity index (χ3n) is 21.0. The first-order chi connectivity index (χ1) is 55.9. The number of unbranched alkanes of at least 4 members (excludes halogenated alkanes) is 1. The Labute approximate surface area is 680 Å². The number of nitrogens with one attached hydrogen (secondary N) is 9. The first kappa shape index (κ1) is 89.0. The average Bonchev–Trinajstić information content (AvgIpc) is 0.960. The zero-order valence-electron chi connectivity index (χ0n) is 64.7. The number of carbonyl (C=O) groups is 12. The minimum absolute atomic E-state index is 0.00493. The summed E-state index contributed by atoms with van der Waals surface area (Å²) in [7, 11) is 3.06. The number of fused-ring (bicyclic) bond motifs is 4. The van der Waals surface area contributed by atoms with E-state index in [1.165, 1.54) is 46.1 Å². The molecule has 2 aliphatic heterocycles. The Bertz CT molecular complexity index is 4620. The number of hydrogen-bond acceptors (Lipinski definition) is 27. The molecule has 628 valence electrons. The van der Waals surface area contributed by atoms with Crippen molar-refractivity contribution in [1.29, 1.82) is 0 Å². The van der Waals surface area contributed by atoms with E-state index in [-0.39, 0.29) is 91.0 Å². The van der Waals surface area contributed by atoms with Crippen LogP contribution in [0, 0.1) is 0 Å². The van der Waals surface area contributed by atoms with Crippen molar-refractivity contribution < 1.29 is 112 Å². The number of H-pyrrole nitrogens is 1. The van der Waals surface area contributed by atoms with Gasteiger partial charge in [0.1, 0.15) is 65.1 Å². The van der Waals surface area contributed by atoms with E-state index < -0.39 is 229 Å². The molecule has 117 heavy (non-hydrogen) atoms. The molecule has 5 aromatic carbocycles. The van der Waals surface area contributed by atoms with E-state index in [0.717, 1.165) is 21.6 Å². The molecule has 0 radical (unpaired) electrons. The number of rotatable bonds is 28. The number of hydrogen-bond donors (Lipinski definition) is 18. The molecule has 34 nitrogen and oxygen atoms in total. The lowest BCUT2D eigenvalue weighted by Crippen LogP contribution is -2.62. The van der Waals surface area contributed by atoms with Crippen LogP contribution in [0.15, 0.2) is 109 Å². The van der Waals surface area contributed by atoms with Crippen molar-refractivity contribution in [2.24, 2.45) is 11.5 Å². The van der Waals surface area contributed by atoms with Crippen LogP contribution in [-0.2, 0) is 87.8 Å². The smallest absolute Gasteiger partial charge is 0.306 e. The minimum atomic E-state index is -2.59. The molecule has 20 N–H and O–H groups in total. The molecular weight excluding hydrogens is 1560 g/mol. The number of nitrogens with two attached hydrogens (primary N) is 2. The number of phenolic OH excluding ortho intramolecular Hbond substituents is 2. The van der Waals surface area contributed by atoms with Crippen LogP contribution in [0.4, 0.5) is 0 Å². The van der Waals surface area contributed by atoms with Crippen molar-refractivity contribution in [1.82, 2.24) is 47.5 Å². The molecule has 0 spiro atoms. The lowest BCUT2D eigenvalue weighted by Gasteiger charge is -2.42. The summed E-state index contributed by atoms with van der Waals surface area (Å²) >= 11 is 0. The van der Waals surface area contributed by atoms with Gasteiger partial charge in [-0.25, -0.2) is 0 Å². The van der Waals surface area contributed by atoms with Gasteiger partial charge in [0.15, 0.2) is 18.7 Å². The van der Waals surface area contributed by atoms with Gasteiger partial charge in [0.2, 0.25) is 58.8 Å². The van der Waals surface area contributed by atoms with Gasteiger partial charge in [-0.1, -0.05) is 113 Å². The van der Waals surface area contributed by atoms with E-state index in [2.05, 4.69) is 47.5 Å². The summed E-state index contributed by atoms with van der Waals surface area (Å²) < 4.78 is 22.9. The third-order valence-corrected chi connectivity index (χ3v) is 23.4. The first-order valence-corrected chi connectivity index (χ1v) is 40.9. The van der Waals surface area contributed by atoms with Crippen LogP contribution >= 0.6 is 21.6 Å². The number of ether oxygens (including phenoxy) is 4. The Balaban J connectivity index is 0.888. The van der Waals surface area contributed by atoms with Crippen LogP contribution in [-0.4, -0.2) is 240 Å². The molecule has 6 aromatic rings. The second-order valence-electron chi connectivity index (χ2n) is 29.5. The maximum absolute atomic E-state index is 15.3. The largest absolute Gasteiger partial charge is 0.507 e. The second kappa shape index (κ2) is 40.7. The van der Waals surface area contributed by atoms with Gasteiger partial charge in [0.25, 0.3) is 0 Å². The number of para-hydroxylation sites is 1. The van der Waals surface area contributed by atoms with E-state index in [0.29, 0.717) is 34.0 Å². The predicted octanol–water partition coefficient (Wildman–Crippen LogP) is 0.0882. The molecule has 3 heterocycles. The highest BCUT2D eigenvalue weighted by Gasteiger charge is 2.51. The third kappa shape index (κ3) is 22.1. The average molecular weight is 1660 g/mol. The summed E-state index contributed by atoms with van der Waals surface area (Å²) in [6, 6.07) is 15.2. The number of ketones is 3. The molecular formula is C81H99N11O23S2. The highest BCUT2D eigenvalue weighted by Crippen LogP contribution is 2.53. The normalized spacial score (nSPS) is 24.5. The Morgan fingerprint density at radius 3 is 2.04 bits per heavy atom. The molecule has 8 amide bonds. The number of aliphatic hydroxyl groups is 5. The molecule has 4 aliphatic rings. The maximum atomic E-state index is 15.3. The fourth-order valence-corrected chi connectivity index (χ4v) is 16.8. The van der Waals surface area contributed by atoms with Crippen molar-refractivity contribution in [3.63, 3.8) is 0 Å². The minimum Gasteiger partial charge on any atom is -0.507 e. The van der Waals surface area contributed by atoms with Crippen LogP contribution in [0.5, 0.6) is 17.2 Å². The zero-order valence-corrected chi connectivity index (χ0v) is 66.3. The van der Waals surface area contributed by atoms with E-state index in [1.54, 1.807) is 91.1 Å². The Kier molecular flexibility index (Phi) is 30.9. The SMILES string of the molecule is COc1cccc2c1C(=O)c1c(O)c3c(c(O)c1C2=O)C[C@@](O)(C(=O)COC(=O)CCCC(=O)N[C@H](Cc1ccccc1)C(=O)N[C@H]1CSSC[C@@H](C(=O)N[C@H](CO)[C@@H](C)O)NC(=O)[C@H]([C@@H](C)O)NC(=O)[C@H](CCCCN)NC(=O)[C@@H](Cc2c[nH]c4ccccc24)NC(=O)[C@H](Cc2ccccc2)NC1=O)C[C@@H]3O[C@H]1C[C@H](N)[C@H](O)[C@H](C)O1. The highest BCUT2D eigenvalue weighted by molar-refractivity contribution is 8.76. The number of phenols is 2. The number of aromatic nitrogens is 1. The Morgan fingerprint density at radius 1 is 0.718 bits per heavy atom.